The van der Waals surface area contributed by atoms with Crippen LogP contribution in [0.4, 0.5) is 0 Å². The average Bonchev–Trinajstić information content (AvgIpc) is 2.55. The molecule has 0 spiro atoms. The van der Waals surface area contributed by atoms with Gasteiger partial charge in [-0.25, -0.2) is 13.4 Å². The number of pyridine rings is 1. The third kappa shape index (κ3) is 3.70. The van der Waals surface area contributed by atoms with Crippen LogP contribution in [0.3, 0.4) is 0 Å². The van der Waals surface area contributed by atoms with Crippen molar-refractivity contribution >= 4 is 10.0 Å². The molecule has 1 fully saturated rings. The minimum Gasteiger partial charge on any atom is -0.473 e. The van der Waals surface area contributed by atoms with E-state index in [0.717, 1.165) is 18.5 Å². The first-order chi connectivity index (χ1) is 11.4. The zero-order chi connectivity index (χ0) is 17.2. The quantitative estimate of drug-likeness (QED) is 0.836. The van der Waals surface area contributed by atoms with E-state index in [2.05, 4.69) is 15.0 Å². The third-order valence-electron chi connectivity index (χ3n) is 3.84. The zero-order valence-electron chi connectivity index (χ0n) is 13.7. The molecule has 2 aromatic heterocycles. The molecule has 1 unspecified atom stereocenters. The van der Waals surface area contributed by atoms with Crippen LogP contribution in [0.15, 0.2) is 35.5 Å². The van der Waals surface area contributed by atoms with Crippen LogP contribution in [0, 0.1) is 13.8 Å². The standard InChI is InChI=1S/C16H20N4O3S/c1-12-9-16(19-13(2)18-12)23-14-5-4-8-20(11-14)24(21,22)15-6-3-7-17-10-15/h3,6-7,9-10,14H,4-5,8,11H2,1-2H3. The highest BCUT2D eigenvalue weighted by Crippen LogP contribution is 2.22. The molecule has 24 heavy (non-hydrogen) atoms. The molecule has 0 N–H and O–H groups in total. The topological polar surface area (TPSA) is 85.3 Å². The van der Waals surface area contributed by atoms with E-state index in [1.165, 1.54) is 10.5 Å². The number of aryl methyl sites for hydroxylation is 2. The fourth-order valence-corrected chi connectivity index (χ4v) is 4.26. The van der Waals surface area contributed by atoms with E-state index < -0.39 is 10.0 Å². The van der Waals surface area contributed by atoms with Crippen LogP contribution in [0.2, 0.25) is 0 Å². The summed E-state index contributed by atoms with van der Waals surface area (Å²) in [6.45, 7) is 4.47. The van der Waals surface area contributed by atoms with Crippen LogP contribution < -0.4 is 4.74 Å². The molecule has 3 heterocycles. The maximum atomic E-state index is 12.7. The summed E-state index contributed by atoms with van der Waals surface area (Å²) in [7, 11) is -3.55. The van der Waals surface area contributed by atoms with E-state index in [1.807, 2.05) is 6.92 Å². The molecule has 0 bridgehead atoms. The Balaban J connectivity index is 1.75. The van der Waals surface area contributed by atoms with Gasteiger partial charge in [0.05, 0.1) is 6.54 Å². The van der Waals surface area contributed by atoms with Gasteiger partial charge >= 0.3 is 0 Å². The number of hydrogen-bond donors (Lipinski definition) is 0. The van der Waals surface area contributed by atoms with E-state index in [0.29, 0.717) is 24.8 Å². The van der Waals surface area contributed by atoms with Gasteiger partial charge in [-0.1, -0.05) is 0 Å². The number of aromatic nitrogens is 3. The van der Waals surface area contributed by atoms with E-state index >= 15 is 0 Å². The molecule has 7 nitrogen and oxygen atoms in total. The SMILES string of the molecule is Cc1cc(OC2CCCN(S(=O)(=O)c3cccnc3)C2)nc(C)n1. The minimum absolute atomic E-state index is 0.208. The molecule has 8 heteroatoms. The van der Waals surface area contributed by atoms with Crippen molar-refractivity contribution in [2.45, 2.75) is 37.7 Å². The summed E-state index contributed by atoms with van der Waals surface area (Å²) >= 11 is 0. The van der Waals surface area contributed by atoms with Gasteiger partial charge in [-0.3, -0.25) is 4.98 Å². The Morgan fingerprint density at radius 1 is 1.29 bits per heavy atom. The summed E-state index contributed by atoms with van der Waals surface area (Å²) in [5.74, 6) is 1.13. The predicted octanol–water partition coefficient (Wildman–Crippen LogP) is 1.72. The van der Waals surface area contributed by atoms with Crippen LogP contribution >= 0.6 is 0 Å². The maximum absolute atomic E-state index is 12.7. The van der Waals surface area contributed by atoms with Crippen molar-refractivity contribution in [2.75, 3.05) is 13.1 Å². The summed E-state index contributed by atoms with van der Waals surface area (Å²) in [4.78, 5) is 12.6. The second-order valence-corrected chi connectivity index (χ2v) is 7.77. The van der Waals surface area contributed by atoms with Gasteiger partial charge in [-0.15, -0.1) is 0 Å². The van der Waals surface area contributed by atoms with Crippen LogP contribution in [0.5, 0.6) is 5.88 Å². The van der Waals surface area contributed by atoms with E-state index in [4.69, 9.17) is 4.74 Å². The van der Waals surface area contributed by atoms with Crippen molar-refractivity contribution in [2.24, 2.45) is 0 Å². The summed E-state index contributed by atoms with van der Waals surface area (Å²) in [6, 6.07) is 4.95. The lowest BCUT2D eigenvalue weighted by atomic mass is 10.1. The monoisotopic (exact) mass is 348 g/mol. The lowest BCUT2D eigenvalue weighted by Crippen LogP contribution is -2.44. The highest BCUT2D eigenvalue weighted by atomic mass is 32.2. The fourth-order valence-electron chi connectivity index (χ4n) is 2.78. The van der Waals surface area contributed by atoms with Gasteiger partial charge in [0, 0.05) is 30.7 Å². The summed E-state index contributed by atoms with van der Waals surface area (Å²) in [5.41, 5.74) is 0.827. The molecule has 0 amide bonds. The van der Waals surface area contributed by atoms with Crippen LogP contribution in [-0.2, 0) is 10.0 Å². The number of nitrogens with zero attached hydrogens (tertiary/aromatic N) is 4. The molecule has 0 aromatic carbocycles. The third-order valence-corrected chi connectivity index (χ3v) is 5.69. The molecule has 0 aliphatic carbocycles. The van der Waals surface area contributed by atoms with Gasteiger partial charge in [-0.05, 0) is 38.8 Å². The minimum atomic E-state index is -3.55. The first-order valence-corrected chi connectivity index (χ1v) is 9.28. The first-order valence-electron chi connectivity index (χ1n) is 7.84. The van der Waals surface area contributed by atoms with Gasteiger partial charge < -0.3 is 4.74 Å². The number of ether oxygens (including phenoxy) is 1. The van der Waals surface area contributed by atoms with Gasteiger partial charge in [0.2, 0.25) is 15.9 Å². The molecule has 1 aliphatic heterocycles. The highest BCUT2D eigenvalue weighted by molar-refractivity contribution is 7.89. The van der Waals surface area contributed by atoms with Gasteiger partial charge in [-0.2, -0.15) is 9.29 Å². The summed E-state index contributed by atoms with van der Waals surface area (Å²) < 4.78 is 32.8. The predicted molar refractivity (Wildman–Crippen MR) is 88.2 cm³/mol. The summed E-state index contributed by atoms with van der Waals surface area (Å²) in [5, 5.41) is 0. The van der Waals surface area contributed by atoms with Crippen molar-refractivity contribution in [3.8, 4) is 5.88 Å². The Kier molecular flexibility index (Phi) is 4.77. The number of hydrogen-bond acceptors (Lipinski definition) is 6. The van der Waals surface area contributed by atoms with Crippen molar-refractivity contribution in [3.63, 3.8) is 0 Å². The molecule has 0 radical (unpaired) electrons. The van der Waals surface area contributed by atoms with Crippen molar-refractivity contribution in [3.05, 3.63) is 42.1 Å². The molecule has 0 saturated carbocycles. The molecule has 2 aromatic rings. The Bertz CT molecular complexity index is 791. The number of piperidine rings is 1. The second kappa shape index (κ2) is 6.82. The van der Waals surface area contributed by atoms with E-state index in [-0.39, 0.29) is 11.0 Å². The number of sulfonamides is 1. The Labute approximate surface area is 141 Å². The van der Waals surface area contributed by atoms with E-state index in [1.54, 1.807) is 31.3 Å². The molecule has 128 valence electrons. The fraction of sp³-hybridized carbons (Fsp3) is 0.438. The molecule has 3 rings (SSSR count). The zero-order valence-corrected chi connectivity index (χ0v) is 14.5. The normalized spacial score (nSPS) is 19.2. The maximum Gasteiger partial charge on any atom is 0.244 e. The Morgan fingerprint density at radius 2 is 2.12 bits per heavy atom. The number of rotatable bonds is 4. The molecule has 1 aliphatic rings. The average molecular weight is 348 g/mol. The molecular weight excluding hydrogens is 328 g/mol. The molecule has 1 saturated heterocycles. The van der Waals surface area contributed by atoms with Gasteiger partial charge in [0.15, 0.2) is 0 Å². The van der Waals surface area contributed by atoms with Crippen LogP contribution in [-0.4, -0.2) is 46.9 Å². The van der Waals surface area contributed by atoms with Gasteiger partial charge in [0.25, 0.3) is 0 Å². The van der Waals surface area contributed by atoms with Crippen molar-refractivity contribution < 1.29 is 13.2 Å². The van der Waals surface area contributed by atoms with E-state index in [9.17, 15) is 8.42 Å². The molecular formula is C16H20N4O3S. The summed E-state index contributed by atoms with van der Waals surface area (Å²) in [6.07, 6.45) is 4.24. The highest BCUT2D eigenvalue weighted by Gasteiger charge is 2.31. The smallest absolute Gasteiger partial charge is 0.244 e. The van der Waals surface area contributed by atoms with Crippen LogP contribution in [0.1, 0.15) is 24.4 Å². The molecule has 1 atom stereocenters. The largest absolute Gasteiger partial charge is 0.473 e. The van der Waals surface area contributed by atoms with Crippen molar-refractivity contribution in [1.82, 2.24) is 19.3 Å². The van der Waals surface area contributed by atoms with Gasteiger partial charge in [0.1, 0.15) is 16.8 Å². The first kappa shape index (κ1) is 16.8. The second-order valence-electron chi connectivity index (χ2n) is 5.83. The lowest BCUT2D eigenvalue weighted by molar-refractivity contribution is 0.124. The Hall–Kier alpha value is -2.06. The van der Waals surface area contributed by atoms with Crippen LogP contribution in [0.25, 0.3) is 0 Å². The van der Waals surface area contributed by atoms with Crippen molar-refractivity contribution in [1.29, 1.82) is 0 Å². The Morgan fingerprint density at radius 3 is 2.83 bits per heavy atom. The lowest BCUT2D eigenvalue weighted by Gasteiger charge is -2.31.